The van der Waals surface area contributed by atoms with Crippen molar-refractivity contribution in [3.63, 3.8) is 0 Å². The Morgan fingerprint density at radius 1 is 1.36 bits per heavy atom. The van der Waals surface area contributed by atoms with Crippen LogP contribution in [0.1, 0.15) is 43.2 Å². The van der Waals surface area contributed by atoms with Crippen molar-refractivity contribution in [2.24, 2.45) is 0 Å². The highest BCUT2D eigenvalue weighted by Crippen LogP contribution is 2.30. The normalized spacial score (nSPS) is 16.4. The first-order valence-corrected chi connectivity index (χ1v) is 8.41. The van der Waals surface area contributed by atoms with Crippen LogP contribution in [0.5, 0.6) is 5.75 Å². The van der Waals surface area contributed by atoms with Gasteiger partial charge in [0.05, 0.1) is 0 Å². The van der Waals surface area contributed by atoms with Gasteiger partial charge in [0.2, 0.25) is 5.13 Å². The molecule has 1 unspecified atom stereocenters. The third kappa shape index (κ3) is 2.97. The fourth-order valence-electron chi connectivity index (χ4n) is 2.60. The van der Waals surface area contributed by atoms with Gasteiger partial charge in [-0.05, 0) is 24.5 Å². The van der Waals surface area contributed by atoms with Gasteiger partial charge in [-0.3, -0.25) is 10.1 Å². The molecule has 1 N–H and O–H groups in total. The highest BCUT2D eigenvalue weighted by molar-refractivity contribution is 7.15. The number of para-hydroxylation sites is 1. The molecule has 0 aliphatic carbocycles. The Labute approximate surface area is 133 Å². The molecular formula is C16H19N3O2S. The molecule has 5 nitrogen and oxygen atoms in total. The molecule has 1 aromatic carbocycles. The summed E-state index contributed by atoms with van der Waals surface area (Å²) in [5.74, 6) is 1.04. The molecule has 116 valence electrons. The molecule has 3 rings (SSSR count). The molecule has 0 saturated carbocycles. The van der Waals surface area contributed by atoms with Gasteiger partial charge in [0, 0.05) is 12.3 Å². The zero-order valence-electron chi connectivity index (χ0n) is 12.7. The Morgan fingerprint density at radius 2 is 2.14 bits per heavy atom. The van der Waals surface area contributed by atoms with Gasteiger partial charge < -0.3 is 4.74 Å². The van der Waals surface area contributed by atoms with E-state index in [9.17, 15) is 4.79 Å². The van der Waals surface area contributed by atoms with Gasteiger partial charge in [0.25, 0.3) is 5.91 Å². The first kappa shape index (κ1) is 15.0. The van der Waals surface area contributed by atoms with Crippen molar-refractivity contribution in [2.75, 3.05) is 5.32 Å². The van der Waals surface area contributed by atoms with Crippen molar-refractivity contribution in [3.05, 3.63) is 34.8 Å². The van der Waals surface area contributed by atoms with Gasteiger partial charge in [-0.25, -0.2) is 0 Å². The van der Waals surface area contributed by atoms with Crippen LogP contribution in [-0.4, -0.2) is 22.2 Å². The quantitative estimate of drug-likeness (QED) is 0.918. The summed E-state index contributed by atoms with van der Waals surface area (Å²) in [6.45, 7) is 4.27. The average molecular weight is 317 g/mol. The summed E-state index contributed by atoms with van der Waals surface area (Å²) < 4.78 is 5.68. The molecule has 22 heavy (non-hydrogen) atoms. The third-order valence-electron chi connectivity index (χ3n) is 3.95. The van der Waals surface area contributed by atoms with Gasteiger partial charge in [0.15, 0.2) is 6.10 Å². The number of carbonyl (C=O) groups excluding carboxylic acids is 1. The Hall–Kier alpha value is -1.95. The molecule has 1 aromatic heterocycles. The van der Waals surface area contributed by atoms with Crippen LogP contribution in [-0.2, 0) is 11.2 Å². The highest BCUT2D eigenvalue weighted by Gasteiger charge is 2.29. The minimum atomic E-state index is -0.488. The highest BCUT2D eigenvalue weighted by atomic mass is 32.1. The van der Waals surface area contributed by atoms with E-state index in [4.69, 9.17) is 4.74 Å². The number of nitrogens with one attached hydrogen (secondary N) is 1. The Bertz CT molecular complexity index is 642. The van der Waals surface area contributed by atoms with E-state index in [0.717, 1.165) is 29.2 Å². The van der Waals surface area contributed by atoms with E-state index in [1.807, 2.05) is 24.3 Å². The van der Waals surface area contributed by atoms with E-state index in [0.29, 0.717) is 17.5 Å². The largest absolute Gasteiger partial charge is 0.480 e. The fraction of sp³-hybridized carbons (Fsp3) is 0.438. The summed E-state index contributed by atoms with van der Waals surface area (Å²) in [7, 11) is 0. The van der Waals surface area contributed by atoms with Crippen molar-refractivity contribution >= 4 is 22.4 Å². The molecule has 1 amide bonds. The van der Waals surface area contributed by atoms with E-state index in [1.165, 1.54) is 11.3 Å². The number of fused-ring (bicyclic) bond motifs is 1. The molecule has 0 fully saturated rings. The molecular weight excluding hydrogens is 298 g/mol. The maximum atomic E-state index is 12.3. The van der Waals surface area contributed by atoms with Crippen LogP contribution in [0.3, 0.4) is 0 Å². The summed E-state index contributed by atoms with van der Waals surface area (Å²) in [5, 5.41) is 12.6. The van der Waals surface area contributed by atoms with Crippen molar-refractivity contribution < 1.29 is 9.53 Å². The number of rotatable bonds is 5. The molecule has 6 heteroatoms. The second-order valence-electron chi connectivity index (χ2n) is 5.37. The number of ether oxygens (including phenoxy) is 1. The summed E-state index contributed by atoms with van der Waals surface area (Å²) in [4.78, 5) is 12.3. The van der Waals surface area contributed by atoms with Crippen molar-refractivity contribution in [1.82, 2.24) is 10.2 Å². The van der Waals surface area contributed by atoms with Crippen LogP contribution in [0.4, 0.5) is 5.13 Å². The molecule has 2 heterocycles. The number of anilines is 1. The van der Waals surface area contributed by atoms with Gasteiger partial charge in [-0.2, -0.15) is 0 Å². The van der Waals surface area contributed by atoms with Crippen molar-refractivity contribution in [2.45, 2.75) is 45.1 Å². The smallest absolute Gasteiger partial charge is 0.267 e. The number of benzene rings is 1. The van der Waals surface area contributed by atoms with Gasteiger partial charge in [-0.15, -0.1) is 10.2 Å². The van der Waals surface area contributed by atoms with Gasteiger partial charge in [-0.1, -0.05) is 43.4 Å². The molecule has 1 aliphatic rings. The lowest BCUT2D eigenvalue weighted by Gasteiger charge is -2.09. The Morgan fingerprint density at radius 3 is 2.86 bits per heavy atom. The summed E-state index contributed by atoms with van der Waals surface area (Å²) in [6.07, 6.45) is 2.17. The van der Waals surface area contributed by atoms with E-state index in [1.54, 1.807) is 0 Å². The van der Waals surface area contributed by atoms with Crippen LogP contribution >= 0.6 is 11.3 Å². The van der Waals surface area contributed by atoms with E-state index < -0.39 is 6.10 Å². The third-order valence-corrected chi connectivity index (χ3v) is 4.95. The summed E-state index contributed by atoms with van der Waals surface area (Å²) in [5.41, 5.74) is 1.07. The molecule has 0 radical (unpaired) electrons. The lowest BCUT2D eigenvalue weighted by Crippen LogP contribution is -2.31. The predicted molar refractivity (Wildman–Crippen MR) is 86.4 cm³/mol. The lowest BCUT2D eigenvalue weighted by atomic mass is 10.1. The Kier molecular flexibility index (Phi) is 4.38. The molecule has 0 saturated heterocycles. The van der Waals surface area contributed by atoms with Crippen LogP contribution in [0.2, 0.25) is 0 Å². The zero-order valence-corrected chi connectivity index (χ0v) is 13.5. The second-order valence-corrected chi connectivity index (χ2v) is 6.38. The molecule has 0 spiro atoms. The van der Waals surface area contributed by atoms with Crippen LogP contribution in [0.25, 0.3) is 0 Å². The predicted octanol–water partition coefficient (Wildman–Crippen LogP) is 3.38. The zero-order chi connectivity index (χ0) is 15.5. The van der Waals surface area contributed by atoms with Crippen LogP contribution < -0.4 is 10.1 Å². The number of hydrogen-bond acceptors (Lipinski definition) is 5. The summed E-state index contributed by atoms with van der Waals surface area (Å²) in [6, 6.07) is 7.73. The fourth-order valence-corrected chi connectivity index (χ4v) is 3.62. The molecule has 1 aliphatic heterocycles. The monoisotopic (exact) mass is 317 g/mol. The van der Waals surface area contributed by atoms with Crippen molar-refractivity contribution in [3.8, 4) is 5.75 Å². The second kappa shape index (κ2) is 6.44. The van der Waals surface area contributed by atoms with E-state index in [-0.39, 0.29) is 5.91 Å². The topological polar surface area (TPSA) is 64.1 Å². The molecule has 2 aromatic rings. The van der Waals surface area contributed by atoms with Crippen LogP contribution in [0, 0.1) is 0 Å². The first-order valence-electron chi connectivity index (χ1n) is 7.60. The number of aromatic nitrogens is 2. The first-order chi connectivity index (χ1) is 10.7. The Balaban J connectivity index is 1.64. The number of carbonyl (C=O) groups is 1. The van der Waals surface area contributed by atoms with E-state index >= 15 is 0 Å². The standard InChI is InChI=1S/C16H19N3O2S/c1-3-10(4-2)15-18-19-16(22-15)17-14(20)13-9-11-7-5-6-8-12(11)21-13/h5-8,10,13H,3-4,9H2,1-2H3,(H,17,19,20). The molecule has 0 bridgehead atoms. The number of hydrogen-bond donors (Lipinski definition) is 1. The average Bonchev–Trinajstić information content (AvgIpc) is 3.15. The maximum Gasteiger partial charge on any atom is 0.267 e. The maximum absolute atomic E-state index is 12.3. The van der Waals surface area contributed by atoms with Crippen LogP contribution in [0.15, 0.2) is 24.3 Å². The SMILES string of the molecule is CCC(CC)c1nnc(NC(=O)C2Cc3ccccc3O2)s1. The van der Waals surface area contributed by atoms with Gasteiger partial charge in [0.1, 0.15) is 10.8 Å². The summed E-state index contributed by atoms with van der Waals surface area (Å²) >= 11 is 1.45. The molecule has 1 atom stereocenters. The lowest BCUT2D eigenvalue weighted by molar-refractivity contribution is -0.122. The van der Waals surface area contributed by atoms with Gasteiger partial charge >= 0.3 is 0 Å². The van der Waals surface area contributed by atoms with Crippen molar-refractivity contribution in [1.29, 1.82) is 0 Å². The minimum Gasteiger partial charge on any atom is -0.480 e. The van der Waals surface area contributed by atoms with E-state index in [2.05, 4.69) is 29.4 Å². The number of amides is 1. The minimum absolute atomic E-state index is 0.163. The number of nitrogens with zero attached hydrogens (tertiary/aromatic N) is 2.